The van der Waals surface area contributed by atoms with Crippen molar-refractivity contribution < 1.29 is 183 Å². The topological polar surface area (TPSA) is 640 Å². The Balaban J connectivity index is 1.08. The Labute approximate surface area is 732 Å². The number of hydrogen-bond acceptors (Lipinski definition) is 36. The number of carbonyl (C=O) groups is 4. The van der Waals surface area contributed by atoms with Gasteiger partial charge in [-0.1, -0.05) is 219 Å². The molecule has 730 valence electrons. The van der Waals surface area contributed by atoms with Gasteiger partial charge in [-0.2, -0.15) is 0 Å². The molecule has 40 heteroatoms. The number of amides is 3. The summed E-state index contributed by atoms with van der Waals surface area (Å²) in [4.78, 5) is 52.3. The lowest BCUT2D eigenvalue weighted by molar-refractivity contribution is -0.392. The molecule has 0 spiro atoms. The summed E-state index contributed by atoms with van der Waals surface area (Å²) in [7, 11) is 0. The Kier molecular flexibility index (Phi) is 52.0. The second-order valence-corrected chi connectivity index (χ2v) is 34.2. The van der Waals surface area contributed by atoms with E-state index in [4.69, 9.17) is 56.8 Å². The summed E-state index contributed by atoms with van der Waals surface area (Å²) in [5, 5.41) is 240. The first kappa shape index (κ1) is 110. The van der Waals surface area contributed by atoms with Crippen LogP contribution in [0.2, 0.25) is 0 Å². The van der Waals surface area contributed by atoms with Gasteiger partial charge in [-0.25, -0.2) is 4.79 Å². The zero-order chi connectivity index (χ0) is 91.7. The Bertz CT molecular complexity index is 2960. The zero-order valence-electron chi connectivity index (χ0n) is 73.0. The number of unbranched alkanes of at least 4 members (excludes halogenated alkanes) is 31. The number of aliphatic hydroxyl groups excluding tert-OH is 20. The maximum Gasteiger partial charge on any atom is 0.364 e. The van der Waals surface area contributed by atoms with E-state index >= 15 is 0 Å². The van der Waals surface area contributed by atoms with Crippen LogP contribution >= 0.6 is 0 Å². The van der Waals surface area contributed by atoms with Crippen LogP contribution in [-0.4, -0.2) is 386 Å². The van der Waals surface area contributed by atoms with Gasteiger partial charge in [-0.3, -0.25) is 14.4 Å². The molecule has 0 aromatic heterocycles. The normalized spacial score (nSPS) is 35.1. The van der Waals surface area contributed by atoms with Gasteiger partial charge in [0.25, 0.3) is 5.79 Å². The number of carboxylic acids is 1. The van der Waals surface area contributed by atoms with Crippen LogP contribution in [0.3, 0.4) is 0 Å². The van der Waals surface area contributed by atoms with E-state index in [1.807, 2.05) is 6.08 Å². The number of aliphatic carboxylic acids is 1. The van der Waals surface area contributed by atoms with Gasteiger partial charge >= 0.3 is 5.97 Å². The molecule has 0 aromatic carbocycles. The van der Waals surface area contributed by atoms with Crippen LogP contribution in [0.25, 0.3) is 0 Å². The molecule has 6 rings (SSSR count). The van der Waals surface area contributed by atoms with Crippen LogP contribution < -0.4 is 16.0 Å². The van der Waals surface area contributed by atoms with Crippen molar-refractivity contribution in [2.24, 2.45) is 0 Å². The van der Waals surface area contributed by atoms with Crippen LogP contribution in [0.4, 0.5) is 0 Å². The summed E-state index contributed by atoms with van der Waals surface area (Å²) >= 11 is 0. The van der Waals surface area contributed by atoms with Gasteiger partial charge in [0.05, 0.1) is 70.5 Å². The molecule has 0 aliphatic carbocycles. The third kappa shape index (κ3) is 34.1. The highest BCUT2D eigenvalue weighted by Gasteiger charge is 2.62. The number of rotatable bonds is 62. The van der Waals surface area contributed by atoms with Gasteiger partial charge in [-0.05, 0) is 19.3 Å². The van der Waals surface area contributed by atoms with E-state index in [-0.39, 0.29) is 12.3 Å². The summed E-state index contributed by atoms with van der Waals surface area (Å²) in [5.74, 6) is -7.97. The Morgan fingerprint density at radius 3 is 1.25 bits per heavy atom. The van der Waals surface area contributed by atoms with Gasteiger partial charge in [0.2, 0.25) is 17.7 Å². The third-order valence-corrected chi connectivity index (χ3v) is 24.3. The molecule has 0 bridgehead atoms. The molecule has 6 fully saturated rings. The highest BCUT2D eigenvalue weighted by molar-refractivity contribution is 5.78. The lowest BCUT2D eigenvalue weighted by atomic mass is 9.88. The van der Waals surface area contributed by atoms with E-state index < -0.39 is 279 Å². The predicted octanol–water partition coefficient (Wildman–Crippen LogP) is -1.91. The lowest BCUT2D eigenvalue weighted by Crippen LogP contribution is -2.71. The van der Waals surface area contributed by atoms with Crippen molar-refractivity contribution in [1.29, 1.82) is 0 Å². The molecule has 6 aliphatic heterocycles. The predicted molar refractivity (Wildman–Crippen MR) is 440 cm³/mol. The molecular formula is C85H153N3O37. The first-order valence-electron chi connectivity index (χ1n) is 45.8. The molecule has 6 heterocycles. The second kappa shape index (κ2) is 59.1. The standard InChI is InChI=1S/C85H153N3O37/c1-4-6-8-10-12-14-16-18-19-20-21-22-23-24-25-27-29-31-33-35-37-39-59(100)87-50(51(97)38-36-34-32-30-28-26-17-15-13-11-9-7-5-2)48-114-80-69(108)67(106)73(57(45-93)118-80)120-81-70(109)68(107)74(58(46-94)119-81)121-82-71(110)77(65(104)55(43-91)116-82)123-79-62(86-49(3)96)75(64(103)54(42-90)115-79)122-83-72(111)78(66(105)56(44-92)117-83)125-85(84(112)113)40-52(98)61(88-60(101)47-95)76(124-85)63(102)53(99)41-89/h36,38,50-58,61-83,89-95,97-99,102-111H,4-35,37,39-48H2,1-3H3,(H,86,96)(H,87,100)(H,88,101)(H,112,113)/b38-36+/t50-,51+,52?,53+,54?,55?,56?,57?,58?,61+,62?,63+,64-,65-,66-,67+,68+,69?,70?,71?,72?,73+,74-,75+,76?,77-,78-,79-,80+,81-,82-,83-,85-/m0/s1. The third-order valence-electron chi connectivity index (χ3n) is 24.3. The van der Waals surface area contributed by atoms with Gasteiger partial charge in [-0.15, -0.1) is 0 Å². The number of carboxylic acid groups (broad SMARTS) is 1. The monoisotopic (exact) mass is 1810 g/mol. The van der Waals surface area contributed by atoms with Gasteiger partial charge < -0.3 is 180 Å². The van der Waals surface area contributed by atoms with Gasteiger partial charge in [0, 0.05) is 19.8 Å². The fourth-order valence-electron chi connectivity index (χ4n) is 16.9. The molecule has 24 N–H and O–H groups in total. The smallest absolute Gasteiger partial charge is 0.364 e. The molecule has 6 saturated heterocycles. The summed E-state index contributed by atoms with van der Waals surface area (Å²) in [6.45, 7) is -2.96. The summed E-state index contributed by atoms with van der Waals surface area (Å²) in [6.07, 6.45) is -18.8. The lowest BCUT2D eigenvalue weighted by Gasteiger charge is -2.51. The molecule has 3 amide bonds. The fraction of sp³-hybridized carbons (Fsp3) is 0.929. The van der Waals surface area contributed by atoms with E-state index in [1.54, 1.807) is 6.08 Å². The minimum Gasteiger partial charge on any atom is -0.477 e. The van der Waals surface area contributed by atoms with Crippen molar-refractivity contribution >= 4 is 23.7 Å². The largest absolute Gasteiger partial charge is 0.477 e. The molecule has 33 atom stereocenters. The number of carbonyl (C=O) groups excluding carboxylic acids is 3. The van der Waals surface area contributed by atoms with Gasteiger partial charge in [0.15, 0.2) is 31.5 Å². The molecule has 125 heavy (non-hydrogen) atoms. The Morgan fingerprint density at radius 1 is 0.424 bits per heavy atom. The quantitative estimate of drug-likeness (QED) is 0.0233. The van der Waals surface area contributed by atoms with Crippen molar-refractivity contribution in [2.45, 2.75) is 447 Å². The molecule has 0 saturated carbocycles. The number of hydrogen-bond donors (Lipinski definition) is 24. The first-order chi connectivity index (χ1) is 60.0. The fourth-order valence-corrected chi connectivity index (χ4v) is 16.9. The molecular weight excluding hydrogens is 1650 g/mol. The van der Waals surface area contributed by atoms with Crippen LogP contribution in [0, 0.1) is 0 Å². The van der Waals surface area contributed by atoms with Crippen LogP contribution in [0.5, 0.6) is 0 Å². The van der Waals surface area contributed by atoms with Crippen molar-refractivity contribution in [3.8, 4) is 0 Å². The molecule has 40 nitrogen and oxygen atoms in total. The zero-order valence-corrected chi connectivity index (χ0v) is 73.0. The Morgan fingerprint density at radius 2 is 0.808 bits per heavy atom. The highest BCUT2D eigenvalue weighted by atomic mass is 16.8. The van der Waals surface area contributed by atoms with Crippen LogP contribution in [0.15, 0.2) is 12.2 Å². The second-order valence-electron chi connectivity index (χ2n) is 34.2. The Hall–Kier alpha value is -3.66. The summed E-state index contributed by atoms with van der Waals surface area (Å²) in [6, 6.07) is -4.90. The number of nitrogens with one attached hydrogen (secondary N) is 3. The minimum atomic E-state index is -3.31. The van der Waals surface area contributed by atoms with Crippen LogP contribution in [-0.2, 0) is 76.0 Å². The maximum absolute atomic E-state index is 13.6. The first-order valence-corrected chi connectivity index (χ1v) is 45.8. The average Bonchev–Trinajstić information content (AvgIpc) is 0.750. The van der Waals surface area contributed by atoms with Crippen LogP contribution in [0.1, 0.15) is 245 Å². The maximum atomic E-state index is 13.6. The van der Waals surface area contributed by atoms with Crippen molar-refractivity contribution in [3.63, 3.8) is 0 Å². The van der Waals surface area contributed by atoms with Gasteiger partial charge in [0.1, 0.15) is 147 Å². The van der Waals surface area contributed by atoms with E-state index in [9.17, 15) is 126 Å². The highest BCUT2D eigenvalue weighted by Crippen LogP contribution is 2.41. The molecule has 0 radical (unpaired) electrons. The van der Waals surface area contributed by atoms with E-state index in [1.165, 1.54) is 148 Å². The molecule has 6 aliphatic rings. The average molecular weight is 1810 g/mol. The van der Waals surface area contributed by atoms with E-state index in [2.05, 4.69) is 29.8 Å². The number of ether oxygens (including phenoxy) is 12. The SMILES string of the molecule is CCCCCCCCCCCCC/C=C/[C@@H](O)[C@H](CO[C@@H]1OC(CO)[C@@H](O[C@@H]2OC(CO)[C@H](O[C@@H]3OC(CO)[C@H](O)[C@H](O[C@@H]4OC(CO)[C@H](O)[C@H](O[C@@H]5OC(CO)[C@H](O)[C@H](O[C@]6(C(=O)O)CC(O)[C@@H](NC(=O)CO)C([C@H](O)[C@H](O)CO)O6)C5O)C4NC(C)=O)C3O)[C@H](O)C2O)[C@H](O)C1O)NC(=O)CCCCCCCCCCCCCCCCCCCCCCC. The molecule has 12 unspecified atom stereocenters. The van der Waals surface area contributed by atoms with E-state index in [0.29, 0.717) is 12.8 Å². The number of aliphatic hydroxyl groups is 20. The minimum absolute atomic E-state index is 0.165. The van der Waals surface area contributed by atoms with E-state index in [0.717, 1.165) is 58.3 Å². The summed E-state index contributed by atoms with van der Waals surface area (Å²) in [5.41, 5.74) is 0. The molecule has 0 aromatic rings. The summed E-state index contributed by atoms with van der Waals surface area (Å²) < 4.78 is 70.5. The number of allylic oxidation sites excluding steroid dienone is 1. The van der Waals surface area contributed by atoms with Crippen molar-refractivity contribution in [3.05, 3.63) is 12.2 Å². The van der Waals surface area contributed by atoms with Crippen molar-refractivity contribution in [1.82, 2.24) is 16.0 Å². The van der Waals surface area contributed by atoms with Crippen molar-refractivity contribution in [2.75, 3.05) is 52.9 Å².